The van der Waals surface area contributed by atoms with Gasteiger partial charge in [0.15, 0.2) is 0 Å². The van der Waals surface area contributed by atoms with Crippen LogP contribution in [0.2, 0.25) is 0 Å². The first kappa shape index (κ1) is 11.6. The summed E-state index contributed by atoms with van der Waals surface area (Å²) in [4.78, 5) is 11.6. The van der Waals surface area contributed by atoms with E-state index in [1.165, 1.54) is 36.7 Å². The Kier molecular flexibility index (Phi) is 3.25. The molecule has 3 rings (SSSR count). The van der Waals surface area contributed by atoms with Crippen LogP contribution >= 0.6 is 0 Å². The lowest BCUT2D eigenvalue weighted by Crippen LogP contribution is -2.30. The quantitative estimate of drug-likeness (QED) is 0.830. The van der Waals surface area contributed by atoms with Crippen LogP contribution in [-0.2, 0) is 11.3 Å². The summed E-state index contributed by atoms with van der Waals surface area (Å²) >= 11 is 0. The minimum absolute atomic E-state index is 0.00884. The molecule has 1 N–H and O–H groups in total. The van der Waals surface area contributed by atoms with Crippen molar-refractivity contribution in [3.05, 3.63) is 6.33 Å². The number of amides is 1. The van der Waals surface area contributed by atoms with Crippen molar-refractivity contribution in [2.24, 2.45) is 17.8 Å². The van der Waals surface area contributed by atoms with Crippen molar-refractivity contribution >= 4 is 5.91 Å². The number of carbonyl (C=O) groups excluding carboxylic acids is 1. The molecule has 2 saturated carbocycles. The number of hydrogen-bond donors (Lipinski definition) is 1. The van der Waals surface area contributed by atoms with Gasteiger partial charge < -0.3 is 5.32 Å². The largest absolute Gasteiger partial charge is 0.354 e. The smallest absolute Gasteiger partial charge is 0.241 e. The number of hydrogen-bond acceptors (Lipinski definition) is 4. The molecule has 3 atom stereocenters. The predicted molar refractivity (Wildman–Crippen MR) is 64.4 cm³/mol. The van der Waals surface area contributed by atoms with E-state index in [2.05, 4.69) is 20.8 Å². The zero-order valence-electron chi connectivity index (χ0n) is 10.5. The van der Waals surface area contributed by atoms with E-state index in [1.54, 1.807) is 0 Å². The maximum absolute atomic E-state index is 11.6. The number of aromatic nitrogens is 4. The lowest BCUT2D eigenvalue weighted by molar-refractivity contribution is -0.121. The van der Waals surface area contributed by atoms with Crippen LogP contribution in [0.3, 0.4) is 0 Å². The highest BCUT2D eigenvalue weighted by Crippen LogP contribution is 2.49. The average Bonchev–Trinajstić information content (AvgIpc) is 3.04. The van der Waals surface area contributed by atoms with Crippen molar-refractivity contribution in [1.82, 2.24) is 25.5 Å². The number of rotatable bonds is 5. The highest BCUT2D eigenvalue weighted by molar-refractivity contribution is 5.75. The van der Waals surface area contributed by atoms with Crippen LogP contribution in [0.4, 0.5) is 0 Å². The maximum Gasteiger partial charge on any atom is 0.241 e. The lowest BCUT2D eigenvalue weighted by atomic mass is 9.86. The minimum Gasteiger partial charge on any atom is -0.354 e. The molecule has 1 heterocycles. The van der Waals surface area contributed by atoms with E-state index in [0.717, 1.165) is 30.7 Å². The van der Waals surface area contributed by atoms with E-state index in [-0.39, 0.29) is 12.5 Å². The fraction of sp³-hybridized carbons (Fsp3) is 0.833. The molecule has 0 saturated heterocycles. The summed E-state index contributed by atoms with van der Waals surface area (Å²) in [6, 6.07) is 0. The van der Waals surface area contributed by atoms with E-state index >= 15 is 0 Å². The molecule has 1 amide bonds. The first-order chi connectivity index (χ1) is 8.81. The molecule has 2 fully saturated rings. The van der Waals surface area contributed by atoms with E-state index in [0.29, 0.717) is 0 Å². The van der Waals surface area contributed by atoms with Gasteiger partial charge in [0.05, 0.1) is 0 Å². The van der Waals surface area contributed by atoms with Crippen LogP contribution in [0.5, 0.6) is 0 Å². The molecule has 0 aromatic carbocycles. The molecule has 3 unspecified atom stereocenters. The summed E-state index contributed by atoms with van der Waals surface area (Å²) in [5.74, 6) is 2.76. The third-order valence-corrected chi connectivity index (χ3v) is 4.42. The van der Waals surface area contributed by atoms with Crippen molar-refractivity contribution in [1.29, 1.82) is 0 Å². The van der Waals surface area contributed by atoms with Gasteiger partial charge in [-0.25, -0.2) is 4.68 Å². The molecule has 6 heteroatoms. The lowest BCUT2D eigenvalue weighted by Gasteiger charge is -2.21. The number of fused-ring (bicyclic) bond motifs is 2. The van der Waals surface area contributed by atoms with Gasteiger partial charge in [0, 0.05) is 6.54 Å². The van der Waals surface area contributed by atoms with Crippen LogP contribution in [0.1, 0.15) is 32.1 Å². The summed E-state index contributed by atoms with van der Waals surface area (Å²) in [7, 11) is 0. The second-order valence-electron chi connectivity index (χ2n) is 5.58. The van der Waals surface area contributed by atoms with Gasteiger partial charge in [0.25, 0.3) is 0 Å². The SMILES string of the molecule is O=C(Cn1cnnn1)NCCC1CC2CCC1C2. The second kappa shape index (κ2) is 5.04. The van der Waals surface area contributed by atoms with Gasteiger partial charge in [0.1, 0.15) is 12.9 Å². The molecule has 0 spiro atoms. The number of carbonyl (C=O) groups is 1. The number of nitrogens with one attached hydrogen (secondary N) is 1. The van der Waals surface area contributed by atoms with Gasteiger partial charge in [-0.3, -0.25) is 4.79 Å². The first-order valence-electron chi connectivity index (χ1n) is 6.78. The van der Waals surface area contributed by atoms with Crippen molar-refractivity contribution in [3.63, 3.8) is 0 Å². The Morgan fingerprint density at radius 2 is 2.33 bits per heavy atom. The molecule has 1 aromatic heterocycles. The van der Waals surface area contributed by atoms with E-state index in [4.69, 9.17) is 0 Å². The Hall–Kier alpha value is -1.46. The van der Waals surface area contributed by atoms with Crippen LogP contribution in [0.15, 0.2) is 6.33 Å². The zero-order valence-corrected chi connectivity index (χ0v) is 10.5. The van der Waals surface area contributed by atoms with Crippen LogP contribution in [0, 0.1) is 17.8 Å². The van der Waals surface area contributed by atoms with Crippen molar-refractivity contribution < 1.29 is 4.79 Å². The van der Waals surface area contributed by atoms with Gasteiger partial charge >= 0.3 is 0 Å². The normalized spacial score (nSPS) is 29.7. The zero-order chi connectivity index (χ0) is 12.4. The predicted octanol–water partition coefficient (Wildman–Crippen LogP) is 0.616. The molecule has 6 nitrogen and oxygen atoms in total. The third-order valence-electron chi connectivity index (χ3n) is 4.42. The molecular formula is C12H19N5O. The Bertz CT molecular complexity index is 405. The Morgan fingerprint density at radius 3 is 3.00 bits per heavy atom. The van der Waals surface area contributed by atoms with Crippen LogP contribution in [-0.4, -0.2) is 32.7 Å². The summed E-state index contributed by atoms with van der Waals surface area (Å²) in [5.41, 5.74) is 0. The maximum atomic E-state index is 11.6. The average molecular weight is 249 g/mol. The van der Waals surface area contributed by atoms with E-state index in [9.17, 15) is 4.79 Å². The fourth-order valence-corrected chi connectivity index (χ4v) is 3.58. The number of tetrazole rings is 1. The molecule has 2 aliphatic carbocycles. The van der Waals surface area contributed by atoms with Gasteiger partial charge in [-0.05, 0) is 53.9 Å². The second-order valence-corrected chi connectivity index (χ2v) is 5.58. The molecule has 1 aromatic rings. The van der Waals surface area contributed by atoms with Crippen LogP contribution < -0.4 is 5.32 Å². The van der Waals surface area contributed by atoms with Gasteiger partial charge in [-0.2, -0.15) is 0 Å². The van der Waals surface area contributed by atoms with Crippen molar-refractivity contribution in [3.8, 4) is 0 Å². The fourth-order valence-electron chi connectivity index (χ4n) is 3.58. The van der Waals surface area contributed by atoms with Gasteiger partial charge in [-0.1, -0.05) is 6.42 Å². The van der Waals surface area contributed by atoms with Crippen molar-refractivity contribution in [2.75, 3.05) is 6.54 Å². The van der Waals surface area contributed by atoms with E-state index in [1.807, 2.05) is 0 Å². The highest BCUT2D eigenvalue weighted by Gasteiger charge is 2.38. The Morgan fingerprint density at radius 1 is 1.39 bits per heavy atom. The standard InChI is InChI=1S/C12H19N5O/c18-12(7-17-8-14-15-16-17)13-4-3-11-6-9-1-2-10(11)5-9/h8-11H,1-7H2,(H,13,18). The van der Waals surface area contributed by atoms with Crippen LogP contribution in [0.25, 0.3) is 0 Å². The first-order valence-corrected chi connectivity index (χ1v) is 6.78. The van der Waals surface area contributed by atoms with E-state index < -0.39 is 0 Å². The molecule has 2 aliphatic rings. The molecule has 2 bridgehead atoms. The van der Waals surface area contributed by atoms with Gasteiger partial charge in [-0.15, -0.1) is 5.10 Å². The van der Waals surface area contributed by atoms with Gasteiger partial charge in [0.2, 0.25) is 5.91 Å². The molecule has 0 aliphatic heterocycles. The summed E-state index contributed by atoms with van der Waals surface area (Å²) in [5, 5.41) is 13.6. The summed E-state index contributed by atoms with van der Waals surface area (Å²) in [6.45, 7) is 0.999. The summed E-state index contributed by atoms with van der Waals surface area (Å²) in [6.07, 6.45) is 8.25. The number of nitrogens with zero attached hydrogens (tertiary/aromatic N) is 4. The molecule has 18 heavy (non-hydrogen) atoms. The minimum atomic E-state index is -0.00884. The molecule has 98 valence electrons. The molecular weight excluding hydrogens is 230 g/mol. The van der Waals surface area contributed by atoms with Crippen molar-refractivity contribution in [2.45, 2.75) is 38.6 Å². The third kappa shape index (κ3) is 2.52. The highest BCUT2D eigenvalue weighted by atomic mass is 16.2. The Labute approximate surface area is 106 Å². The summed E-state index contributed by atoms with van der Waals surface area (Å²) < 4.78 is 1.44. The monoisotopic (exact) mass is 249 g/mol. The molecule has 0 radical (unpaired) electrons. The Balaban J connectivity index is 1.36. The topological polar surface area (TPSA) is 72.7 Å².